The Balaban J connectivity index is 2.13. The van der Waals surface area contributed by atoms with E-state index in [9.17, 15) is 4.79 Å². The standard InChI is InChI=1S/C14H25NO/c1-9(2)12(16)15-11-8-10-6-7-14(11,5)13(10,3)4/h9-11H,6-8H2,1-5H3,(H,15,16)/t10-,11+,14+/m1/s1. The molecule has 2 aliphatic carbocycles. The minimum absolute atomic E-state index is 0.103. The van der Waals surface area contributed by atoms with Crippen LogP contribution in [0, 0.1) is 22.7 Å². The number of hydrogen-bond donors (Lipinski definition) is 1. The van der Waals surface area contributed by atoms with Crippen LogP contribution in [-0.4, -0.2) is 11.9 Å². The maximum absolute atomic E-state index is 11.8. The lowest BCUT2D eigenvalue weighted by Crippen LogP contribution is -2.48. The molecule has 1 N–H and O–H groups in total. The number of nitrogens with one attached hydrogen (secondary N) is 1. The molecule has 0 aromatic heterocycles. The molecule has 0 aliphatic heterocycles. The third-order valence-corrected chi connectivity index (χ3v) is 5.63. The summed E-state index contributed by atoms with van der Waals surface area (Å²) in [5, 5.41) is 3.27. The predicted molar refractivity (Wildman–Crippen MR) is 66.0 cm³/mol. The molecule has 0 spiro atoms. The fourth-order valence-corrected chi connectivity index (χ4v) is 3.76. The van der Waals surface area contributed by atoms with E-state index in [1.807, 2.05) is 13.8 Å². The Bertz CT molecular complexity index is 308. The molecular weight excluding hydrogens is 198 g/mol. The first-order valence-corrected chi connectivity index (χ1v) is 6.59. The Morgan fingerprint density at radius 1 is 1.31 bits per heavy atom. The van der Waals surface area contributed by atoms with Crippen molar-refractivity contribution < 1.29 is 4.79 Å². The molecule has 0 radical (unpaired) electrons. The summed E-state index contributed by atoms with van der Waals surface area (Å²) in [6, 6.07) is 0.399. The minimum Gasteiger partial charge on any atom is -0.353 e. The van der Waals surface area contributed by atoms with Crippen molar-refractivity contribution in [3.63, 3.8) is 0 Å². The van der Waals surface area contributed by atoms with Crippen LogP contribution in [0.3, 0.4) is 0 Å². The summed E-state index contributed by atoms with van der Waals surface area (Å²) in [6.45, 7) is 11.1. The Morgan fingerprint density at radius 2 is 1.94 bits per heavy atom. The van der Waals surface area contributed by atoms with Crippen LogP contribution in [0.1, 0.15) is 53.9 Å². The van der Waals surface area contributed by atoms with E-state index in [4.69, 9.17) is 0 Å². The van der Waals surface area contributed by atoms with E-state index >= 15 is 0 Å². The number of carbonyl (C=O) groups excluding carboxylic acids is 1. The third kappa shape index (κ3) is 1.42. The Hall–Kier alpha value is -0.530. The summed E-state index contributed by atoms with van der Waals surface area (Å²) in [6.07, 6.45) is 3.80. The first kappa shape index (κ1) is 11.9. The van der Waals surface area contributed by atoms with Crippen molar-refractivity contribution in [2.45, 2.75) is 59.9 Å². The smallest absolute Gasteiger partial charge is 0.222 e. The maximum Gasteiger partial charge on any atom is 0.222 e. The average Bonchev–Trinajstić information content (AvgIpc) is 2.50. The minimum atomic E-state index is 0.103. The van der Waals surface area contributed by atoms with Gasteiger partial charge in [0, 0.05) is 12.0 Å². The van der Waals surface area contributed by atoms with Gasteiger partial charge in [0.25, 0.3) is 0 Å². The molecule has 0 saturated heterocycles. The highest BCUT2D eigenvalue weighted by Crippen LogP contribution is 2.65. The fraction of sp³-hybridized carbons (Fsp3) is 0.929. The lowest BCUT2D eigenvalue weighted by atomic mass is 9.69. The van der Waals surface area contributed by atoms with Gasteiger partial charge in [0.1, 0.15) is 0 Å². The van der Waals surface area contributed by atoms with Gasteiger partial charge in [-0.1, -0.05) is 34.6 Å². The van der Waals surface area contributed by atoms with Crippen LogP contribution in [-0.2, 0) is 4.79 Å². The second-order valence-corrected chi connectivity index (χ2v) is 6.83. The highest BCUT2D eigenvalue weighted by molar-refractivity contribution is 5.78. The lowest BCUT2D eigenvalue weighted by Gasteiger charge is -2.39. The molecular formula is C14H25NO. The average molecular weight is 223 g/mol. The van der Waals surface area contributed by atoms with Crippen molar-refractivity contribution in [1.29, 1.82) is 0 Å². The van der Waals surface area contributed by atoms with Crippen LogP contribution in [0.25, 0.3) is 0 Å². The van der Waals surface area contributed by atoms with Crippen LogP contribution >= 0.6 is 0 Å². The first-order chi connectivity index (χ1) is 7.29. The van der Waals surface area contributed by atoms with Gasteiger partial charge in [0.05, 0.1) is 0 Å². The molecule has 2 bridgehead atoms. The van der Waals surface area contributed by atoms with Crippen molar-refractivity contribution in [3.05, 3.63) is 0 Å². The molecule has 0 aromatic carbocycles. The summed E-state index contributed by atoms with van der Waals surface area (Å²) >= 11 is 0. The summed E-state index contributed by atoms with van der Waals surface area (Å²) in [5.41, 5.74) is 0.699. The molecule has 0 unspecified atom stereocenters. The van der Waals surface area contributed by atoms with Crippen LogP contribution in [0.5, 0.6) is 0 Å². The zero-order chi connectivity index (χ0) is 12.1. The Labute approximate surface area is 99.2 Å². The zero-order valence-corrected chi connectivity index (χ0v) is 11.3. The van der Waals surface area contributed by atoms with Gasteiger partial charge in [-0.15, -0.1) is 0 Å². The SMILES string of the molecule is CC(C)C(=O)N[C@H]1C[C@H]2CC[C@]1(C)C2(C)C. The summed E-state index contributed by atoms with van der Waals surface area (Å²) < 4.78 is 0. The number of rotatable bonds is 2. The van der Waals surface area contributed by atoms with Gasteiger partial charge in [-0.3, -0.25) is 4.79 Å². The lowest BCUT2D eigenvalue weighted by molar-refractivity contribution is -0.125. The van der Waals surface area contributed by atoms with E-state index in [1.54, 1.807) is 0 Å². The summed E-state index contributed by atoms with van der Waals surface area (Å²) in [4.78, 5) is 11.8. The van der Waals surface area contributed by atoms with Crippen LogP contribution < -0.4 is 5.32 Å². The molecule has 2 fully saturated rings. The van der Waals surface area contributed by atoms with Gasteiger partial charge < -0.3 is 5.32 Å². The molecule has 2 rings (SSSR count). The van der Waals surface area contributed by atoms with E-state index in [0.717, 1.165) is 5.92 Å². The number of fused-ring (bicyclic) bond motifs is 2. The quantitative estimate of drug-likeness (QED) is 0.766. The second-order valence-electron chi connectivity index (χ2n) is 6.83. The van der Waals surface area contributed by atoms with Gasteiger partial charge in [-0.25, -0.2) is 0 Å². The molecule has 2 aliphatic rings. The molecule has 2 heteroatoms. The Morgan fingerprint density at radius 3 is 2.31 bits per heavy atom. The van der Waals surface area contributed by atoms with E-state index in [0.29, 0.717) is 16.9 Å². The fourth-order valence-electron chi connectivity index (χ4n) is 3.76. The molecule has 1 amide bonds. The van der Waals surface area contributed by atoms with E-state index in [1.165, 1.54) is 19.3 Å². The molecule has 2 nitrogen and oxygen atoms in total. The first-order valence-electron chi connectivity index (χ1n) is 6.59. The van der Waals surface area contributed by atoms with Crippen LogP contribution in [0.2, 0.25) is 0 Å². The van der Waals surface area contributed by atoms with Crippen molar-refractivity contribution >= 4 is 5.91 Å². The van der Waals surface area contributed by atoms with E-state index < -0.39 is 0 Å². The third-order valence-electron chi connectivity index (χ3n) is 5.63. The van der Waals surface area contributed by atoms with E-state index in [2.05, 4.69) is 26.1 Å². The van der Waals surface area contributed by atoms with Gasteiger partial charge in [-0.05, 0) is 36.0 Å². The van der Waals surface area contributed by atoms with Crippen molar-refractivity contribution in [3.8, 4) is 0 Å². The number of carbonyl (C=O) groups is 1. The van der Waals surface area contributed by atoms with Crippen LogP contribution in [0.4, 0.5) is 0 Å². The van der Waals surface area contributed by atoms with Gasteiger partial charge in [-0.2, -0.15) is 0 Å². The zero-order valence-electron chi connectivity index (χ0n) is 11.3. The predicted octanol–water partition coefficient (Wildman–Crippen LogP) is 2.97. The summed E-state index contributed by atoms with van der Waals surface area (Å²) in [5.74, 6) is 1.12. The van der Waals surface area contributed by atoms with Gasteiger partial charge in [0.2, 0.25) is 5.91 Å². The molecule has 2 saturated carbocycles. The highest BCUT2D eigenvalue weighted by Gasteiger charge is 2.61. The van der Waals surface area contributed by atoms with Crippen molar-refractivity contribution in [2.24, 2.45) is 22.7 Å². The molecule has 16 heavy (non-hydrogen) atoms. The van der Waals surface area contributed by atoms with Crippen LogP contribution in [0.15, 0.2) is 0 Å². The van der Waals surface area contributed by atoms with E-state index in [-0.39, 0.29) is 11.8 Å². The van der Waals surface area contributed by atoms with Gasteiger partial charge in [0.15, 0.2) is 0 Å². The molecule has 0 heterocycles. The number of amides is 1. The molecule has 3 atom stereocenters. The largest absolute Gasteiger partial charge is 0.353 e. The second kappa shape index (κ2) is 3.48. The van der Waals surface area contributed by atoms with Gasteiger partial charge >= 0.3 is 0 Å². The topological polar surface area (TPSA) is 29.1 Å². The van der Waals surface area contributed by atoms with Crippen molar-refractivity contribution in [1.82, 2.24) is 5.32 Å². The monoisotopic (exact) mass is 223 g/mol. The molecule has 0 aromatic rings. The highest BCUT2D eigenvalue weighted by atomic mass is 16.1. The number of hydrogen-bond acceptors (Lipinski definition) is 1. The molecule has 92 valence electrons. The van der Waals surface area contributed by atoms with Crippen molar-refractivity contribution in [2.75, 3.05) is 0 Å². The normalized spacial score (nSPS) is 40.4. The maximum atomic E-state index is 11.8. The Kier molecular flexibility index (Phi) is 2.60. The summed E-state index contributed by atoms with van der Waals surface area (Å²) in [7, 11) is 0.